The van der Waals surface area contributed by atoms with E-state index in [1.54, 1.807) is 0 Å². The molecule has 0 radical (unpaired) electrons. The van der Waals surface area contributed by atoms with Crippen LogP contribution >= 0.6 is 0 Å². The number of carbonyl (C=O) groups excluding carboxylic acids is 1. The molecular formula is C21H17F3N2O4S. The Kier molecular flexibility index (Phi) is 6.50. The molecule has 162 valence electrons. The van der Waals surface area contributed by atoms with E-state index in [1.807, 2.05) is 0 Å². The van der Waals surface area contributed by atoms with Crippen LogP contribution in [0.2, 0.25) is 0 Å². The van der Waals surface area contributed by atoms with Crippen molar-refractivity contribution in [1.82, 2.24) is 0 Å². The Balaban J connectivity index is 1.96. The zero-order valence-electron chi connectivity index (χ0n) is 16.2. The average molecular weight is 450 g/mol. The number of hydrogen-bond donors (Lipinski definition) is 1. The zero-order valence-corrected chi connectivity index (χ0v) is 17.0. The number of hydrogen-bond acceptors (Lipinski definition) is 4. The average Bonchev–Trinajstić information content (AvgIpc) is 2.74. The molecule has 3 rings (SSSR count). The summed E-state index contributed by atoms with van der Waals surface area (Å²) >= 11 is 0. The lowest BCUT2D eigenvalue weighted by Crippen LogP contribution is -2.38. The summed E-state index contributed by atoms with van der Waals surface area (Å²) in [6, 6.07) is 12.8. The second-order valence-electron chi connectivity index (χ2n) is 6.31. The van der Waals surface area contributed by atoms with Crippen molar-refractivity contribution in [1.29, 1.82) is 0 Å². The van der Waals surface area contributed by atoms with Crippen LogP contribution in [0.25, 0.3) is 0 Å². The Labute approximate surface area is 176 Å². The number of benzene rings is 3. The fourth-order valence-electron chi connectivity index (χ4n) is 2.74. The van der Waals surface area contributed by atoms with E-state index in [9.17, 15) is 26.4 Å². The number of nitrogens with one attached hydrogen (secondary N) is 1. The van der Waals surface area contributed by atoms with Crippen LogP contribution in [-0.4, -0.2) is 28.0 Å². The maximum atomic E-state index is 14.4. The standard InChI is InChI=1S/C21H17F3N2O4S/c1-30-15-7-9-16(10-8-15)31(28,29)26(20-5-3-2-4-17(20)23)13-21(27)25-19-11-6-14(22)12-18(19)24/h2-12H,13H2,1H3,(H,25,27). The predicted octanol–water partition coefficient (Wildman–Crippen LogP) is 3.95. The number of anilines is 2. The fourth-order valence-corrected chi connectivity index (χ4v) is 4.17. The largest absolute Gasteiger partial charge is 0.497 e. The number of carbonyl (C=O) groups is 1. The van der Waals surface area contributed by atoms with Gasteiger partial charge in [-0.25, -0.2) is 21.6 Å². The lowest BCUT2D eigenvalue weighted by molar-refractivity contribution is -0.114. The second-order valence-corrected chi connectivity index (χ2v) is 8.17. The van der Waals surface area contributed by atoms with Gasteiger partial charge in [0.05, 0.1) is 23.4 Å². The summed E-state index contributed by atoms with van der Waals surface area (Å²) in [6.45, 7) is -0.855. The summed E-state index contributed by atoms with van der Waals surface area (Å²) in [6.07, 6.45) is 0. The van der Waals surface area contributed by atoms with Crippen molar-refractivity contribution in [2.45, 2.75) is 4.90 Å². The van der Waals surface area contributed by atoms with E-state index >= 15 is 0 Å². The molecule has 0 aliphatic rings. The van der Waals surface area contributed by atoms with Crippen molar-refractivity contribution in [2.24, 2.45) is 0 Å². The van der Waals surface area contributed by atoms with Crippen molar-refractivity contribution in [3.05, 3.63) is 84.2 Å². The third kappa shape index (κ3) is 4.97. The van der Waals surface area contributed by atoms with Gasteiger partial charge in [-0.1, -0.05) is 12.1 Å². The van der Waals surface area contributed by atoms with Crippen molar-refractivity contribution in [2.75, 3.05) is 23.3 Å². The molecule has 31 heavy (non-hydrogen) atoms. The highest BCUT2D eigenvalue weighted by Crippen LogP contribution is 2.27. The molecule has 0 heterocycles. The normalized spacial score (nSPS) is 11.1. The number of amides is 1. The van der Waals surface area contributed by atoms with Gasteiger partial charge >= 0.3 is 0 Å². The highest BCUT2D eigenvalue weighted by Gasteiger charge is 2.29. The van der Waals surface area contributed by atoms with Gasteiger partial charge in [0, 0.05) is 6.07 Å². The Morgan fingerprint density at radius 3 is 2.26 bits per heavy atom. The van der Waals surface area contributed by atoms with Crippen LogP contribution in [0.4, 0.5) is 24.5 Å². The van der Waals surface area contributed by atoms with Gasteiger partial charge in [0.2, 0.25) is 5.91 Å². The summed E-state index contributed by atoms with van der Waals surface area (Å²) in [5, 5.41) is 2.17. The highest BCUT2D eigenvalue weighted by molar-refractivity contribution is 7.92. The molecule has 0 atom stereocenters. The van der Waals surface area contributed by atoms with Gasteiger partial charge < -0.3 is 10.1 Å². The number of ether oxygens (including phenoxy) is 1. The fraction of sp³-hybridized carbons (Fsp3) is 0.0952. The maximum absolute atomic E-state index is 14.4. The van der Waals surface area contributed by atoms with Crippen molar-refractivity contribution in [3.63, 3.8) is 0 Å². The first-order valence-electron chi connectivity index (χ1n) is 8.88. The van der Waals surface area contributed by atoms with Gasteiger partial charge in [0.1, 0.15) is 29.7 Å². The second kappa shape index (κ2) is 9.09. The smallest absolute Gasteiger partial charge is 0.264 e. The lowest BCUT2D eigenvalue weighted by Gasteiger charge is -2.24. The highest BCUT2D eigenvalue weighted by atomic mass is 32.2. The number of halogens is 3. The predicted molar refractivity (Wildman–Crippen MR) is 109 cm³/mol. The van der Waals surface area contributed by atoms with Crippen LogP contribution < -0.4 is 14.4 Å². The Morgan fingerprint density at radius 2 is 1.65 bits per heavy atom. The van der Waals surface area contributed by atoms with Crippen LogP contribution in [0, 0.1) is 17.5 Å². The maximum Gasteiger partial charge on any atom is 0.264 e. The summed E-state index contributed by atoms with van der Waals surface area (Å²) in [5.74, 6) is -3.30. The van der Waals surface area contributed by atoms with Crippen LogP contribution in [0.3, 0.4) is 0 Å². The van der Waals surface area contributed by atoms with Gasteiger partial charge in [-0.3, -0.25) is 9.10 Å². The topological polar surface area (TPSA) is 75.7 Å². The van der Waals surface area contributed by atoms with Crippen molar-refractivity contribution >= 4 is 27.3 Å². The lowest BCUT2D eigenvalue weighted by atomic mass is 10.3. The molecule has 3 aromatic carbocycles. The molecule has 10 heteroatoms. The number of rotatable bonds is 7. The van der Waals surface area contributed by atoms with Gasteiger partial charge in [-0.15, -0.1) is 0 Å². The minimum absolute atomic E-state index is 0.211. The molecule has 0 saturated heterocycles. The van der Waals surface area contributed by atoms with Gasteiger partial charge in [-0.2, -0.15) is 0 Å². The Morgan fingerprint density at radius 1 is 0.968 bits per heavy atom. The molecule has 0 aromatic heterocycles. The molecule has 0 fully saturated rings. The summed E-state index contributed by atoms with van der Waals surface area (Å²) in [5.41, 5.74) is -0.713. The summed E-state index contributed by atoms with van der Waals surface area (Å²) in [4.78, 5) is 12.3. The van der Waals surface area contributed by atoms with E-state index in [1.165, 1.54) is 49.6 Å². The minimum atomic E-state index is -4.38. The molecule has 0 bridgehead atoms. The molecule has 0 spiro atoms. The minimum Gasteiger partial charge on any atom is -0.497 e. The van der Waals surface area contributed by atoms with Gasteiger partial charge in [0.15, 0.2) is 0 Å². The molecular weight excluding hydrogens is 433 g/mol. The molecule has 0 aliphatic carbocycles. The van der Waals surface area contributed by atoms with E-state index in [2.05, 4.69) is 5.32 Å². The van der Waals surface area contributed by atoms with E-state index in [0.717, 1.165) is 18.2 Å². The molecule has 3 aromatic rings. The van der Waals surface area contributed by atoms with Crippen LogP contribution in [0.15, 0.2) is 71.6 Å². The Hall–Kier alpha value is -3.53. The van der Waals surface area contributed by atoms with Crippen molar-refractivity contribution in [3.8, 4) is 5.75 Å². The molecule has 1 N–H and O–H groups in total. The molecule has 1 amide bonds. The number of para-hydroxylation sites is 1. The quantitative estimate of drug-likeness (QED) is 0.592. The zero-order chi connectivity index (χ0) is 22.6. The summed E-state index contributed by atoms with van der Waals surface area (Å²) < 4.78 is 73.3. The monoisotopic (exact) mass is 450 g/mol. The first kappa shape index (κ1) is 22.2. The molecule has 0 aliphatic heterocycles. The number of sulfonamides is 1. The molecule has 0 unspecified atom stereocenters. The SMILES string of the molecule is COc1ccc(S(=O)(=O)N(CC(=O)Nc2ccc(F)cc2F)c2ccccc2F)cc1. The van der Waals surface area contributed by atoms with Gasteiger partial charge in [-0.05, 0) is 48.5 Å². The van der Waals surface area contributed by atoms with Crippen LogP contribution in [-0.2, 0) is 14.8 Å². The third-order valence-electron chi connectivity index (χ3n) is 4.26. The van der Waals surface area contributed by atoms with Gasteiger partial charge in [0.25, 0.3) is 10.0 Å². The van der Waals surface area contributed by atoms with E-state index < -0.39 is 39.9 Å². The van der Waals surface area contributed by atoms with E-state index in [-0.39, 0.29) is 16.3 Å². The van der Waals surface area contributed by atoms with E-state index in [0.29, 0.717) is 16.1 Å². The number of methoxy groups -OCH3 is 1. The molecule has 0 saturated carbocycles. The van der Waals surface area contributed by atoms with Crippen LogP contribution in [0.5, 0.6) is 5.75 Å². The third-order valence-corrected chi connectivity index (χ3v) is 6.03. The van der Waals surface area contributed by atoms with E-state index in [4.69, 9.17) is 4.74 Å². The first-order valence-corrected chi connectivity index (χ1v) is 10.3. The van der Waals surface area contributed by atoms with Crippen molar-refractivity contribution < 1.29 is 31.1 Å². The first-order chi connectivity index (χ1) is 14.7. The Bertz CT molecular complexity index is 1200. The summed E-state index contributed by atoms with van der Waals surface area (Å²) in [7, 11) is -2.97. The van der Waals surface area contributed by atoms with Crippen LogP contribution in [0.1, 0.15) is 0 Å². The number of nitrogens with zero attached hydrogens (tertiary/aromatic N) is 1. The molecule has 6 nitrogen and oxygen atoms in total.